The molecule has 0 saturated heterocycles. The minimum atomic E-state index is -3.98. The summed E-state index contributed by atoms with van der Waals surface area (Å²) < 4.78 is 32.1. The third-order valence-electron chi connectivity index (χ3n) is 6.72. The van der Waals surface area contributed by atoms with Gasteiger partial charge >= 0.3 is 0 Å². The molecule has 0 aromatic carbocycles. The fourth-order valence-corrected chi connectivity index (χ4v) is 4.51. The number of hydrogen-bond donors (Lipinski definition) is 0. The van der Waals surface area contributed by atoms with E-state index in [0.717, 1.165) is 12.8 Å². The van der Waals surface area contributed by atoms with E-state index >= 15 is 0 Å². The number of rotatable bonds is 23. The largest absolute Gasteiger partial charge is 0.748 e. The number of hydrogen-bond acceptors (Lipinski definition) is 3. The van der Waals surface area contributed by atoms with E-state index in [9.17, 15) is 13.0 Å². The van der Waals surface area contributed by atoms with Gasteiger partial charge in [0.25, 0.3) is 0 Å². The van der Waals surface area contributed by atoms with E-state index in [4.69, 9.17) is 0 Å². The highest BCUT2D eigenvalue weighted by Crippen LogP contribution is 2.12. The first-order valence-electron chi connectivity index (χ1n) is 14.4. The molecule has 5 heteroatoms. The fraction of sp³-hybridized carbons (Fsp3) is 1.00. The maximum Gasteiger partial charge on any atom is 0.0945 e. The lowest BCUT2D eigenvalue weighted by Gasteiger charge is -2.28. The fourth-order valence-electron chi connectivity index (χ4n) is 3.95. The van der Waals surface area contributed by atoms with Gasteiger partial charge < -0.3 is 9.04 Å². The lowest BCUT2D eigenvalue weighted by Crippen LogP contribution is -2.39. The zero-order chi connectivity index (χ0) is 25.3. The van der Waals surface area contributed by atoms with Crippen LogP contribution in [0.2, 0.25) is 0 Å². The van der Waals surface area contributed by atoms with Crippen LogP contribution in [0.4, 0.5) is 0 Å². The number of nitrogens with zero attached hydrogens (tertiary/aromatic N) is 1. The van der Waals surface area contributed by atoms with Crippen LogP contribution in [-0.2, 0) is 10.1 Å². The van der Waals surface area contributed by atoms with Crippen LogP contribution in [-0.4, -0.2) is 50.4 Å². The molecule has 202 valence electrons. The van der Waals surface area contributed by atoms with Crippen molar-refractivity contribution < 1.29 is 17.5 Å². The van der Waals surface area contributed by atoms with Crippen LogP contribution >= 0.6 is 0 Å². The summed E-state index contributed by atoms with van der Waals surface area (Å²) >= 11 is 0. The van der Waals surface area contributed by atoms with Crippen molar-refractivity contribution >= 4 is 10.1 Å². The summed E-state index contributed by atoms with van der Waals surface area (Å²) in [5.74, 6) is -0.191. The highest BCUT2D eigenvalue weighted by molar-refractivity contribution is 7.85. The SMILES string of the molecule is CCCCCCCCCCCCS(=O)(=O)[O-].CCCCCCCCCCCC[N+](C)(C)CC. The van der Waals surface area contributed by atoms with E-state index in [-0.39, 0.29) is 5.75 Å². The second-order valence-corrected chi connectivity index (χ2v) is 12.1. The Balaban J connectivity index is 0. The van der Waals surface area contributed by atoms with Gasteiger partial charge in [0.2, 0.25) is 0 Å². The van der Waals surface area contributed by atoms with Crippen molar-refractivity contribution in [1.29, 1.82) is 0 Å². The zero-order valence-electron chi connectivity index (χ0n) is 23.3. The highest BCUT2D eigenvalue weighted by Gasteiger charge is 2.09. The lowest BCUT2D eigenvalue weighted by molar-refractivity contribution is -0.888. The molecule has 0 amide bonds. The van der Waals surface area contributed by atoms with E-state index < -0.39 is 10.1 Å². The highest BCUT2D eigenvalue weighted by atomic mass is 32.2. The van der Waals surface area contributed by atoms with Crippen LogP contribution in [0.15, 0.2) is 0 Å². The molecule has 4 nitrogen and oxygen atoms in total. The summed E-state index contributed by atoms with van der Waals surface area (Å²) in [6, 6.07) is 0. The van der Waals surface area contributed by atoms with Gasteiger partial charge in [-0.15, -0.1) is 0 Å². The molecule has 0 atom stereocenters. The Bertz CT molecular complexity index is 478. The van der Waals surface area contributed by atoms with Crippen molar-refractivity contribution in [3.8, 4) is 0 Å². The molecular weight excluding hydrogens is 430 g/mol. The Hall–Kier alpha value is -0.130. The monoisotopic (exact) mass is 491 g/mol. The molecule has 0 saturated carbocycles. The van der Waals surface area contributed by atoms with Crippen molar-refractivity contribution in [2.24, 2.45) is 0 Å². The Morgan fingerprint density at radius 2 is 0.818 bits per heavy atom. The van der Waals surface area contributed by atoms with E-state index in [0.29, 0.717) is 6.42 Å². The second kappa shape index (κ2) is 25.0. The van der Waals surface area contributed by atoms with Gasteiger partial charge in [-0.25, -0.2) is 8.42 Å². The molecule has 33 heavy (non-hydrogen) atoms. The third-order valence-corrected chi connectivity index (χ3v) is 7.51. The topological polar surface area (TPSA) is 57.2 Å². The second-order valence-electron chi connectivity index (χ2n) is 10.6. The van der Waals surface area contributed by atoms with Crippen molar-refractivity contribution in [3.63, 3.8) is 0 Å². The van der Waals surface area contributed by atoms with Gasteiger partial charge in [-0.05, 0) is 26.2 Å². The molecule has 0 unspecified atom stereocenters. The first kappa shape index (κ1) is 35.0. The summed E-state index contributed by atoms with van der Waals surface area (Å²) in [4.78, 5) is 0. The minimum Gasteiger partial charge on any atom is -0.748 e. The predicted octanol–water partition coefficient (Wildman–Crippen LogP) is 8.46. The van der Waals surface area contributed by atoms with Gasteiger partial charge in [0.1, 0.15) is 0 Å². The predicted molar refractivity (Wildman–Crippen MR) is 146 cm³/mol. The van der Waals surface area contributed by atoms with Gasteiger partial charge in [0.15, 0.2) is 0 Å². The maximum atomic E-state index is 10.3. The summed E-state index contributed by atoms with van der Waals surface area (Å²) in [5, 5.41) is 0. The average Bonchev–Trinajstić information content (AvgIpc) is 2.76. The lowest BCUT2D eigenvalue weighted by atomic mass is 10.1. The molecule has 0 N–H and O–H groups in total. The van der Waals surface area contributed by atoms with Crippen LogP contribution in [0.3, 0.4) is 0 Å². The van der Waals surface area contributed by atoms with Crippen molar-refractivity contribution in [2.45, 2.75) is 149 Å². The van der Waals surface area contributed by atoms with Gasteiger partial charge in [0, 0.05) is 5.75 Å². The molecule has 0 aliphatic heterocycles. The molecular formula is C28H61NO3S. The number of unbranched alkanes of at least 4 members (excludes halogenated alkanes) is 18. The summed E-state index contributed by atoms with van der Waals surface area (Å²) in [5.41, 5.74) is 0. The van der Waals surface area contributed by atoms with Gasteiger partial charge in [0.05, 0.1) is 37.3 Å². The molecule has 0 aliphatic carbocycles. The number of quaternary nitrogens is 1. The Labute approximate surface area is 209 Å². The van der Waals surface area contributed by atoms with Crippen molar-refractivity contribution in [2.75, 3.05) is 32.9 Å². The van der Waals surface area contributed by atoms with Crippen LogP contribution in [0.25, 0.3) is 0 Å². The first-order chi connectivity index (χ1) is 15.7. The van der Waals surface area contributed by atoms with Gasteiger partial charge in [-0.3, -0.25) is 0 Å². The zero-order valence-corrected chi connectivity index (χ0v) is 24.2. The molecule has 0 radical (unpaired) electrons. The quantitative estimate of drug-likeness (QED) is 0.0818. The molecule has 0 rings (SSSR count). The van der Waals surface area contributed by atoms with Gasteiger partial charge in [-0.1, -0.05) is 123 Å². The molecule has 0 aromatic heterocycles. The van der Waals surface area contributed by atoms with Gasteiger partial charge in [-0.2, -0.15) is 0 Å². The molecule has 0 heterocycles. The van der Waals surface area contributed by atoms with E-state index in [1.54, 1.807) is 0 Å². The molecule has 0 aliphatic rings. The maximum absolute atomic E-state index is 10.3. The Morgan fingerprint density at radius 1 is 0.515 bits per heavy atom. The van der Waals surface area contributed by atoms with Crippen LogP contribution < -0.4 is 0 Å². The average molecular weight is 492 g/mol. The standard InChI is InChI=1S/C16H36N.C12H26O3S/c1-5-7-8-9-10-11-12-13-14-15-16-17(3,4)6-2;1-2-3-4-5-6-7-8-9-10-11-12-16(13,14)15/h5-16H2,1-4H3;2-12H2,1H3,(H,13,14,15)/q+1;/p-1. The molecule has 0 bridgehead atoms. The van der Waals surface area contributed by atoms with E-state index in [2.05, 4.69) is 34.9 Å². The third kappa shape index (κ3) is 34.1. The molecule has 0 spiro atoms. The summed E-state index contributed by atoms with van der Waals surface area (Å²) in [6.45, 7) is 9.40. The van der Waals surface area contributed by atoms with Crippen molar-refractivity contribution in [1.82, 2.24) is 0 Å². The smallest absolute Gasteiger partial charge is 0.0945 e. The van der Waals surface area contributed by atoms with Crippen LogP contribution in [0.1, 0.15) is 149 Å². The van der Waals surface area contributed by atoms with Crippen LogP contribution in [0.5, 0.6) is 0 Å². The Kier molecular flexibility index (Phi) is 26.5. The van der Waals surface area contributed by atoms with E-state index in [1.165, 1.54) is 127 Å². The first-order valence-corrected chi connectivity index (χ1v) is 16.0. The summed E-state index contributed by atoms with van der Waals surface area (Å²) in [7, 11) is 0.700. The molecule has 0 fully saturated rings. The van der Waals surface area contributed by atoms with Crippen molar-refractivity contribution in [3.05, 3.63) is 0 Å². The Morgan fingerprint density at radius 3 is 1.12 bits per heavy atom. The minimum absolute atomic E-state index is 0.191. The summed E-state index contributed by atoms with van der Waals surface area (Å²) in [6.07, 6.45) is 25.9. The van der Waals surface area contributed by atoms with E-state index in [1.807, 2.05) is 0 Å². The molecule has 0 aromatic rings. The van der Waals surface area contributed by atoms with Crippen LogP contribution in [0, 0.1) is 0 Å². The normalized spacial score (nSPS) is 11.9.